The van der Waals surface area contributed by atoms with Crippen molar-refractivity contribution >= 4 is 5.91 Å². The van der Waals surface area contributed by atoms with E-state index >= 15 is 0 Å². The zero-order valence-corrected chi connectivity index (χ0v) is 14.0. The molecule has 1 heterocycles. The summed E-state index contributed by atoms with van der Waals surface area (Å²) in [4.78, 5) is 17.1. The maximum atomic E-state index is 12.7. The molecule has 0 aliphatic carbocycles. The number of aryl methyl sites for hydroxylation is 3. The second kappa shape index (κ2) is 6.66. The largest absolute Gasteiger partial charge is 0.338 e. The Kier molecular flexibility index (Phi) is 4.42. The molecule has 1 atom stereocenters. The monoisotopic (exact) mass is 320 g/mol. The summed E-state index contributed by atoms with van der Waals surface area (Å²) in [5.41, 5.74) is 3.82. The van der Waals surface area contributed by atoms with E-state index in [1.54, 1.807) is 0 Å². The van der Waals surface area contributed by atoms with Crippen molar-refractivity contribution in [2.45, 2.75) is 26.8 Å². The molecule has 122 valence electrons. The van der Waals surface area contributed by atoms with Crippen molar-refractivity contribution in [2.75, 3.05) is 0 Å². The van der Waals surface area contributed by atoms with E-state index in [0.717, 1.165) is 16.7 Å². The first kappa shape index (κ1) is 15.9. The van der Waals surface area contributed by atoms with E-state index in [-0.39, 0.29) is 5.91 Å². The standard InChI is InChI=1S/C19H20N4O/c1-12-9-10-16(11-13(12)2)19(24)21-17(15-7-5-4-6-8-15)18-20-14(3)22-23-18/h4-11,17H,1-3H3,(H,21,24)(H,20,22,23). The fourth-order valence-electron chi connectivity index (χ4n) is 2.53. The molecular formula is C19H20N4O. The number of nitrogens with one attached hydrogen (secondary N) is 2. The smallest absolute Gasteiger partial charge is 0.252 e. The Labute approximate surface area is 141 Å². The number of carbonyl (C=O) groups is 1. The highest BCUT2D eigenvalue weighted by Gasteiger charge is 2.21. The molecule has 0 bridgehead atoms. The van der Waals surface area contributed by atoms with Crippen LogP contribution < -0.4 is 5.32 Å². The summed E-state index contributed by atoms with van der Waals surface area (Å²) in [5, 5.41) is 10.1. The van der Waals surface area contributed by atoms with Crippen LogP contribution in [0.5, 0.6) is 0 Å². The van der Waals surface area contributed by atoms with Gasteiger partial charge in [0.1, 0.15) is 11.9 Å². The minimum Gasteiger partial charge on any atom is -0.338 e. The summed E-state index contributed by atoms with van der Waals surface area (Å²) in [5.74, 6) is 1.12. The molecule has 2 aromatic carbocycles. The second-order valence-electron chi connectivity index (χ2n) is 5.90. The summed E-state index contributed by atoms with van der Waals surface area (Å²) in [7, 11) is 0. The van der Waals surface area contributed by atoms with Gasteiger partial charge in [0.2, 0.25) is 0 Å². The topological polar surface area (TPSA) is 70.7 Å². The third-order valence-electron chi connectivity index (χ3n) is 4.05. The van der Waals surface area contributed by atoms with E-state index in [2.05, 4.69) is 20.5 Å². The third kappa shape index (κ3) is 3.35. The zero-order valence-electron chi connectivity index (χ0n) is 14.0. The first-order valence-corrected chi connectivity index (χ1v) is 7.86. The number of rotatable bonds is 4. The van der Waals surface area contributed by atoms with Gasteiger partial charge in [0.15, 0.2) is 5.82 Å². The number of benzene rings is 2. The third-order valence-corrected chi connectivity index (χ3v) is 4.05. The number of aromatic amines is 1. The number of nitrogens with zero attached hydrogens (tertiary/aromatic N) is 2. The summed E-state index contributed by atoms with van der Waals surface area (Å²) in [6, 6.07) is 15.0. The number of H-pyrrole nitrogens is 1. The average Bonchev–Trinajstić information content (AvgIpc) is 3.02. The lowest BCUT2D eigenvalue weighted by Gasteiger charge is -2.17. The van der Waals surface area contributed by atoms with Crippen LogP contribution in [-0.4, -0.2) is 21.1 Å². The molecule has 3 rings (SSSR count). The molecule has 0 saturated carbocycles. The fraction of sp³-hybridized carbons (Fsp3) is 0.211. The lowest BCUT2D eigenvalue weighted by Crippen LogP contribution is -2.30. The maximum Gasteiger partial charge on any atom is 0.252 e. The highest BCUT2D eigenvalue weighted by molar-refractivity contribution is 5.94. The van der Waals surface area contributed by atoms with Gasteiger partial charge in [-0.25, -0.2) is 4.98 Å². The van der Waals surface area contributed by atoms with E-state index in [1.807, 2.05) is 69.3 Å². The lowest BCUT2D eigenvalue weighted by molar-refractivity contribution is 0.0941. The molecule has 1 amide bonds. The molecule has 5 heteroatoms. The minimum absolute atomic E-state index is 0.144. The van der Waals surface area contributed by atoms with Crippen LogP contribution in [0.4, 0.5) is 0 Å². The van der Waals surface area contributed by atoms with Gasteiger partial charge in [-0.15, -0.1) is 0 Å². The van der Waals surface area contributed by atoms with Gasteiger partial charge in [-0.3, -0.25) is 9.89 Å². The SMILES string of the molecule is Cc1nc(C(NC(=O)c2ccc(C)c(C)c2)c2ccccc2)n[nH]1. The fourth-order valence-corrected chi connectivity index (χ4v) is 2.53. The van der Waals surface area contributed by atoms with E-state index in [1.165, 1.54) is 0 Å². The van der Waals surface area contributed by atoms with Gasteiger partial charge in [-0.05, 0) is 49.6 Å². The van der Waals surface area contributed by atoms with Gasteiger partial charge in [0.05, 0.1) is 0 Å². The first-order valence-electron chi connectivity index (χ1n) is 7.86. The summed E-state index contributed by atoms with van der Waals surface area (Å²) < 4.78 is 0. The highest BCUT2D eigenvalue weighted by atomic mass is 16.1. The zero-order chi connectivity index (χ0) is 17.1. The molecule has 0 aliphatic rings. The predicted molar refractivity (Wildman–Crippen MR) is 92.8 cm³/mol. The van der Waals surface area contributed by atoms with E-state index in [0.29, 0.717) is 17.2 Å². The molecule has 1 unspecified atom stereocenters. The molecule has 24 heavy (non-hydrogen) atoms. The van der Waals surface area contributed by atoms with Crippen LogP contribution in [0.25, 0.3) is 0 Å². The van der Waals surface area contributed by atoms with Gasteiger partial charge < -0.3 is 5.32 Å². The molecule has 3 aromatic rings. The van der Waals surface area contributed by atoms with Crippen LogP contribution in [-0.2, 0) is 0 Å². The van der Waals surface area contributed by atoms with Crippen molar-refractivity contribution in [2.24, 2.45) is 0 Å². The van der Waals surface area contributed by atoms with E-state index in [9.17, 15) is 4.79 Å². The molecule has 0 aliphatic heterocycles. The molecule has 0 fully saturated rings. The van der Waals surface area contributed by atoms with Crippen LogP contribution in [0.2, 0.25) is 0 Å². The molecule has 0 radical (unpaired) electrons. The Morgan fingerprint density at radius 3 is 2.42 bits per heavy atom. The Morgan fingerprint density at radius 2 is 1.79 bits per heavy atom. The Bertz CT molecular complexity index is 855. The Balaban J connectivity index is 1.91. The van der Waals surface area contributed by atoms with Gasteiger partial charge in [0.25, 0.3) is 5.91 Å². The van der Waals surface area contributed by atoms with Crippen LogP contribution in [0, 0.1) is 20.8 Å². The molecule has 5 nitrogen and oxygen atoms in total. The Hall–Kier alpha value is -2.95. The van der Waals surface area contributed by atoms with E-state index in [4.69, 9.17) is 0 Å². The van der Waals surface area contributed by atoms with Crippen molar-refractivity contribution in [3.8, 4) is 0 Å². The van der Waals surface area contributed by atoms with Crippen molar-refractivity contribution in [3.05, 3.63) is 82.4 Å². The number of hydrogen-bond acceptors (Lipinski definition) is 3. The maximum absolute atomic E-state index is 12.7. The van der Waals surface area contributed by atoms with Crippen molar-refractivity contribution in [3.63, 3.8) is 0 Å². The molecule has 2 N–H and O–H groups in total. The van der Waals surface area contributed by atoms with Crippen LogP contribution >= 0.6 is 0 Å². The van der Waals surface area contributed by atoms with Gasteiger partial charge >= 0.3 is 0 Å². The van der Waals surface area contributed by atoms with Gasteiger partial charge in [-0.2, -0.15) is 5.10 Å². The number of hydrogen-bond donors (Lipinski definition) is 2. The number of aromatic nitrogens is 3. The second-order valence-corrected chi connectivity index (χ2v) is 5.90. The van der Waals surface area contributed by atoms with Crippen molar-refractivity contribution in [1.29, 1.82) is 0 Å². The normalized spacial score (nSPS) is 12.0. The van der Waals surface area contributed by atoms with Gasteiger partial charge in [0, 0.05) is 5.56 Å². The van der Waals surface area contributed by atoms with Crippen LogP contribution in [0.1, 0.15) is 44.7 Å². The van der Waals surface area contributed by atoms with Crippen molar-refractivity contribution < 1.29 is 4.79 Å². The lowest BCUT2D eigenvalue weighted by atomic mass is 10.0. The molecule has 0 spiro atoms. The predicted octanol–water partition coefficient (Wildman–Crippen LogP) is 3.25. The minimum atomic E-state index is -0.398. The van der Waals surface area contributed by atoms with Crippen molar-refractivity contribution in [1.82, 2.24) is 20.5 Å². The highest BCUT2D eigenvalue weighted by Crippen LogP contribution is 2.20. The number of amides is 1. The van der Waals surface area contributed by atoms with Crippen LogP contribution in [0.3, 0.4) is 0 Å². The molecule has 1 aromatic heterocycles. The first-order chi connectivity index (χ1) is 11.5. The quantitative estimate of drug-likeness (QED) is 0.775. The van der Waals surface area contributed by atoms with Gasteiger partial charge in [-0.1, -0.05) is 36.4 Å². The average molecular weight is 320 g/mol. The number of carbonyl (C=O) groups excluding carboxylic acids is 1. The van der Waals surface area contributed by atoms with Crippen LogP contribution in [0.15, 0.2) is 48.5 Å². The molecular weight excluding hydrogens is 300 g/mol. The Morgan fingerprint density at radius 1 is 1.04 bits per heavy atom. The summed E-state index contributed by atoms with van der Waals surface area (Å²) >= 11 is 0. The summed E-state index contributed by atoms with van der Waals surface area (Å²) in [6.07, 6.45) is 0. The summed E-state index contributed by atoms with van der Waals surface area (Å²) in [6.45, 7) is 5.86. The molecule has 0 saturated heterocycles. The van der Waals surface area contributed by atoms with E-state index < -0.39 is 6.04 Å².